The molecule has 28 heavy (non-hydrogen) atoms. The van der Waals surface area contributed by atoms with E-state index in [4.69, 9.17) is 14.6 Å². The highest BCUT2D eigenvalue weighted by atomic mass is 16.5. The first kappa shape index (κ1) is 19.0. The van der Waals surface area contributed by atoms with Crippen molar-refractivity contribution in [1.29, 1.82) is 0 Å². The van der Waals surface area contributed by atoms with E-state index in [1.165, 1.54) is 20.1 Å². The molecule has 2 aromatic carbocycles. The van der Waals surface area contributed by atoms with Gasteiger partial charge in [0.25, 0.3) is 11.8 Å². The first-order chi connectivity index (χ1) is 13.4. The van der Waals surface area contributed by atoms with Crippen molar-refractivity contribution in [2.45, 2.75) is 13.0 Å². The van der Waals surface area contributed by atoms with E-state index in [-0.39, 0.29) is 17.1 Å². The molecule has 0 unspecified atom stereocenters. The quantitative estimate of drug-likeness (QED) is 0.585. The molecule has 0 radical (unpaired) electrons. The van der Waals surface area contributed by atoms with Crippen LogP contribution in [0.15, 0.2) is 54.1 Å². The number of ether oxygens (including phenoxy) is 2. The predicted octanol–water partition coefficient (Wildman–Crippen LogP) is 2.01. The number of aliphatic carboxylic acids is 1. The zero-order chi connectivity index (χ0) is 20.3. The SMILES string of the molecule is COc1cccc(/C=C2/C(=O)NN(c3ccccc3)C2=O)c1O[C@@H](C)C(=O)O. The van der Waals surface area contributed by atoms with Gasteiger partial charge in [-0.3, -0.25) is 15.0 Å². The van der Waals surface area contributed by atoms with Gasteiger partial charge in [-0.1, -0.05) is 30.3 Å². The van der Waals surface area contributed by atoms with Gasteiger partial charge >= 0.3 is 5.97 Å². The molecule has 1 heterocycles. The average Bonchev–Trinajstić information content (AvgIpc) is 2.97. The van der Waals surface area contributed by atoms with E-state index in [0.29, 0.717) is 11.3 Å². The maximum absolute atomic E-state index is 12.7. The van der Waals surface area contributed by atoms with Crippen LogP contribution in [0.2, 0.25) is 0 Å². The number of hydrogen-bond acceptors (Lipinski definition) is 5. The first-order valence-electron chi connectivity index (χ1n) is 8.41. The summed E-state index contributed by atoms with van der Waals surface area (Å²) in [6, 6.07) is 13.5. The third-order valence-electron chi connectivity index (χ3n) is 4.08. The second-order valence-corrected chi connectivity index (χ2v) is 5.95. The summed E-state index contributed by atoms with van der Waals surface area (Å²) in [6.07, 6.45) is 0.204. The normalized spacial score (nSPS) is 16.1. The second kappa shape index (κ2) is 7.83. The molecule has 0 bridgehead atoms. The molecule has 2 aromatic rings. The zero-order valence-corrected chi connectivity index (χ0v) is 15.2. The topological polar surface area (TPSA) is 105 Å². The van der Waals surface area contributed by atoms with E-state index >= 15 is 0 Å². The number of carboxylic acid groups (broad SMARTS) is 1. The number of carbonyl (C=O) groups is 3. The molecule has 144 valence electrons. The van der Waals surface area contributed by atoms with Crippen LogP contribution >= 0.6 is 0 Å². The van der Waals surface area contributed by atoms with Crippen LogP contribution in [-0.2, 0) is 14.4 Å². The molecule has 0 aliphatic carbocycles. The largest absolute Gasteiger partial charge is 0.493 e. The van der Waals surface area contributed by atoms with Crippen LogP contribution in [0, 0.1) is 0 Å². The summed E-state index contributed by atoms with van der Waals surface area (Å²) in [5.74, 6) is -1.85. The van der Waals surface area contributed by atoms with E-state index in [1.54, 1.807) is 48.5 Å². The van der Waals surface area contributed by atoms with Crippen molar-refractivity contribution in [3.8, 4) is 11.5 Å². The number of nitrogens with one attached hydrogen (secondary N) is 1. The van der Waals surface area contributed by atoms with Gasteiger partial charge in [0.2, 0.25) is 0 Å². The molecule has 0 saturated carbocycles. The summed E-state index contributed by atoms with van der Waals surface area (Å²) in [5.41, 5.74) is 3.27. The van der Waals surface area contributed by atoms with Gasteiger partial charge < -0.3 is 14.6 Å². The van der Waals surface area contributed by atoms with Gasteiger partial charge in [0.15, 0.2) is 17.6 Å². The van der Waals surface area contributed by atoms with Gasteiger partial charge in [0.05, 0.1) is 12.8 Å². The number of benzene rings is 2. The van der Waals surface area contributed by atoms with Crippen LogP contribution in [0.5, 0.6) is 11.5 Å². The van der Waals surface area contributed by atoms with Crippen LogP contribution < -0.4 is 19.9 Å². The predicted molar refractivity (Wildman–Crippen MR) is 101 cm³/mol. The minimum absolute atomic E-state index is 0.107. The van der Waals surface area contributed by atoms with Crippen LogP contribution in [0.4, 0.5) is 5.69 Å². The maximum atomic E-state index is 12.7. The summed E-state index contributed by atoms with van der Waals surface area (Å²) in [6.45, 7) is 1.37. The van der Waals surface area contributed by atoms with Gasteiger partial charge in [0, 0.05) is 5.56 Å². The van der Waals surface area contributed by atoms with Gasteiger partial charge in [-0.2, -0.15) is 0 Å². The van der Waals surface area contributed by atoms with Crippen molar-refractivity contribution in [1.82, 2.24) is 5.43 Å². The molecule has 8 heteroatoms. The monoisotopic (exact) mass is 382 g/mol. The van der Waals surface area contributed by atoms with Crippen LogP contribution in [0.1, 0.15) is 12.5 Å². The molecule has 0 aromatic heterocycles. The molecule has 1 fully saturated rings. The van der Waals surface area contributed by atoms with Crippen molar-refractivity contribution in [2.75, 3.05) is 12.1 Å². The lowest BCUT2D eigenvalue weighted by molar-refractivity contribution is -0.144. The number of para-hydroxylation sites is 2. The number of nitrogens with zero attached hydrogens (tertiary/aromatic N) is 1. The summed E-state index contributed by atoms with van der Waals surface area (Å²) in [4.78, 5) is 36.2. The van der Waals surface area contributed by atoms with Crippen LogP contribution in [-0.4, -0.2) is 36.1 Å². The van der Waals surface area contributed by atoms with Crippen LogP contribution in [0.25, 0.3) is 6.08 Å². The summed E-state index contributed by atoms with van der Waals surface area (Å²) >= 11 is 0. The Labute approximate surface area is 160 Å². The van der Waals surface area contributed by atoms with E-state index < -0.39 is 23.9 Å². The Balaban J connectivity index is 2.00. The highest BCUT2D eigenvalue weighted by molar-refractivity contribution is 6.31. The number of rotatable bonds is 6. The third kappa shape index (κ3) is 3.66. The Morgan fingerprint density at radius 3 is 2.50 bits per heavy atom. The molecular formula is C20H18N2O6. The number of anilines is 1. The first-order valence-corrected chi connectivity index (χ1v) is 8.41. The molecule has 2 amide bonds. The Hall–Kier alpha value is -3.81. The fourth-order valence-electron chi connectivity index (χ4n) is 2.63. The van der Waals surface area contributed by atoms with Crippen molar-refractivity contribution in [3.05, 3.63) is 59.7 Å². The molecule has 1 atom stereocenters. The van der Waals surface area contributed by atoms with Crippen molar-refractivity contribution in [3.63, 3.8) is 0 Å². The van der Waals surface area contributed by atoms with Gasteiger partial charge in [0.1, 0.15) is 5.57 Å². The average molecular weight is 382 g/mol. The zero-order valence-electron chi connectivity index (χ0n) is 15.2. The minimum atomic E-state index is -1.16. The molecular weight excluding hydrogens is 364 g/mol. The Kier molecular flexibility index (Phi) is 5.30. The minimum Gasteiger partial charge on any atom is -0.493 e. The maximum Gasteiger partial charge on any atom is 0.344 e. The molecule has 1 aliphatic heterocycles. The summed E-state index contributed by atoms with van der Waals surface area (Å²) < 4.78 is 10.7. The lowest BCUT2D eigenvalue weighted by atomic mass is 10.1. The lowest BCUT2D eigenvalue weighted by Gasteiger charge is -2.16. The number of methoxy groups -OCH3 is 1. The molecule has 0 spiro atoms. The fraction of sp³-hybridized carbons (Fsp3) is 0.150. The number of carboxylic acids is 1. The van der Waals surface area contributed by atoms with Crippen molar-refractivity contribution >= 4 is 29.5 Å². The number of hydrazine groups is 1. The van der Waals surface area contributed by atoms with Gasteiger partial charge in [-0.15, -0.1) is 0 Å². The van der Waals surface area contributed by atoms with Crippen molar-refractivity contribution in [2.24, 2.45) is 0 Å². The molecule has 8 nitrogen and oxygen atoms in total. The van der Waals surface area contributed by atoms with E-state index in [9.17, 15) is 14.4 Å². The molecule has 2 N–H and O–H groups in total. The summed E-state index contributed by atoms with van der Waals surface area (Å²) in [7, 11) is 1.41. The lowest BCUT2D eigenvalue weighted by Crippen LogP contribution is -2.35. The highest BCUT2D eigenvalue weighted by Crippen LogP contribution is 2.34. The Morgan fingerprint density at radius 1 is 1.14 bits per heavy atom. The summed E-state index contributed by atoms with van der Waals surface area (Å²) in [5, 5.41) is 10.3. The highest BCUT2D eigenvalue weighted by Gasteiger charge is 2.34. The van der Waals surface area contributed by atoms with Crippen LogP contribution in [0.3, 0.4) is 0 Å². The number of carbonyl (C=O) groups excluding carboxylic acids is 2. The molecule has 3 rings (SSSR count). The standard InChI is InChI=1S/C20H18N2O6/c1-12(20(25)26)28-17-13(7-6-10-16(17)27-2)11-15-18(23)21-22(19(15)24)14-8-4-3-5-9-14/h3-12H,1-2H3,(H,21,23)(H,25,26)/b15-11-/t12-/m0/s1. The Bertz CT molecular complexity index is 954. The van der Waals surface area contributed by atoms with E-state index in [0.717, 1.165) is 5.01 Å². The van der Waals surface area contributed by atoms with E-state index in [1.807, 2.05) is 0 Å². The second-order valence-electron chi connectivity index (χ2n) is 5.95. The Morgan fingerprint density at radius 2 is 1.86 bits per heavy atom. The number of hydrogen-bond donors (Lipinski definition) is 2. The fourth-order valence-corrected chi connectivity index (χ4v) is 2.63. The third-order valence-corrected chi connectivity index (χ3v) is 4.08. The van der Waals surface area contributed by atoms with Crippen molar-refractivity contribution < 1.29 is 29.0 Å². The smallest absolute Gasteiger partial charge is 0.344 e. The van der Waals surface area contributed by atoms with Gasteiger partial charge in [-0.05, 0) is 31.2 Å². The molecule has 1 saturated heterocycles. The number of amides is 2. The molecule has 1 aliphatic rings. The van der Waals surface area contributed by atoms with Gasteiger partial charge in [-0.25, -0.2) is 9.80 Å². The van der Waals surface area contributed by atoms with E-state index in [2.05, 4.69) is 5.43 Å².